The Kier molecular flexibility index (Phi) is 2.19. The molecular weight excluding hydrogens is 182 g/mol. The largest absolute Gasteiger partial charge is 0.261 e. The molecular formula is C11H10ClN. The van der Waals surface area contributed by atoms with E-state index in [-0.39, 0.29) is 0 Å². The van der Waals surface area contributed by atoms with Crippen LogP contribution in [0.2, 0.25) is 5.02 Å². The van der Waals surface area contributed by atoms with E-state index >= 15 is 0 Å². The van der Waals surface area contributed by atoms with E-state index in [9.17, 15) is 0 Å². The van der Waals surface area contributed by atoms with Crippen molar-refractivity contribution in [2.24, 2.45) is 0 Å². The summed E-state index contributed by atoms with van der Waals surface area (Å²) in [6.07, 6.45) is 2.85. The quantitative estimate of drug-likeness (QED) is 0.673. The zero-order valence-corrected chi connectivity index (χ0v) is 8.17. The normalized spacial score (nSPS) is 10.6. The van der Waals surface area contributed by atoms with Crippen molar-refractivity contribution >= 4 is 22.4 Å². The molecule has 0 saturated heterocycles. The maximum Gasteiger partial charge on any atom is 0.0412 e. The van der Waals surface area contributed by atoms with Gasteiger partial charge >= 0.3 is 0 Å². The van der Waals surface area contributed by atoms with Gasteiger partial charge in [-0.1, -0.05) is 24.6 Å². The van der Waals surface area contributed by atoms with E-state index in [0.29, 0.717) is 0 Å². The number of hydrogen-bond acceptors (Lipinski definition) is 1. The first-order valence-corrected chi connectivity index (χ1v) is 4.71. The number of hydrogen-bond donors (Lipinski definition) is 0. The van der Waals surface area contributed by atoms with Crippen molar-refractivity contribution in [1.82, 2.24) is 4.98 Å². The predicted octanol–water partition coefficient (Wildman–Crippen LogP) is 3.45. The lowest BCUT2D eigenvalue weighted by atomic mass is 10.1. The van der Waals surface area contributed by atoms with Crippen LogP contribution in [0.25, 0.3) is 10.8 Å². The summed E-state index contributed by atoms with van der Waals surface area (Å²) in [5.74, 6) is 0. The van der Waals surface area contributed by atoms with Crippen LogP contribution in [0.5, 0.6) is 0 Å². The standard InChI is InChI=1S/C11H10ClN/c1-2-11-6-8-3-4-10(12)5-9(8)7-13-11/h3-7H,2H2,1H3. The van der Waals surface area contributed by atoms with E-state index in [1.54, 1.807) is 0 Å². The average molecular weight is 192 g/mol. The fraction of sp³-hybridized carbons (Fsp3) is 0.182. The maximum absolute atomic E-state index is 5.86. The molecule has 0 aliphatic carbocycles. The molecule has 66 valence electrons. The van der Waals surface area contributed by atoms with Crippen molar-refractivity contribution < 1.29 is 0 Å². The Morgan fingerprint density at radius 2 is 2.08 bits per heavy atom. The van der Waals surface area contributed by atoms with Gasteiger partial charge in [0.05, 0.1) is 0 Å². The number of nitrogens with zero attached hydrogens (tertiary/aromatic N) is 1. The molecule has 0 spiro atoms. The van der Waals surface area contributed by atoms with Gasteiger partial charge in [0.2, 0.25) is 0 Å². The molecule has 1 aromatic heterocycles. The van der Waals surface area contributed by atoms with Gasteiger partial charge in [-0.25, -0.2) is 0 Å². The third kappa shape index (κ3) is 1.65. The molecule has 0 unspecified atom stereocenters. The number of pyridine rings is 1. The predicted molar refractivity (Wildman–Crippen MR) is 56.1 cm³/mol. The Balaban J connectivity index is 2.66. The van der Waals surface area contributed by atoms with Crippen LogP contribution in [-0.4, -0.2) is 4.98 Å². The molecule has 0 fully saturated rings. The highest BCUT2D eigenvalue weighted by atomic mass is 35.5. The Bertz CT molecular complexity index is 437. The van der Waals surface area contributed by atoms with Crippen LogP contribution in [0.3, 0.4) is 0 Å². The van der Waals surface area contributed by atoms with Crippen molar-refractivity contribution in [1.29, 1.82) is 0 Å². The lowest BCUT2D eigenvalue weighted by molar-refractivity contribution is 1.05. The molecule has 0 aliphatic rings. The highest BCUT2D eigenvalue weighted by Crippen LogP contribution is 2.19. The number of fused-ring (bicyclic) bond motifs is 1. The lowest BCUT2D eigenvalue weighted by Gasteiger charge is -2.00. The van der Waals surface area contributed by atoms with Crippen LogP contribution in [-0.2, 0) is 6.42 Å². The van der Waals surface area contributed by atoms with Gasteiger partial charge < -0.3 is 0 Å². The third-order valence-electron chi connectivity index (χ3n) is 2.10. The summed E-state index contributed by atoms with van der Waals surface area (Å²) < 4.78 is 0. The third-order valence-corrected chi connectivity index (χ3v) is 2.34. The Morgan fingerprint density at radius 1 is 1.23 bits per heavy atom. The molecule has 0 atom stereocenters. The van der Waals surface area contributed by atoms with Gasteiger partial charge in [0.15, 0.2) is 0 Å². The number of halogens is 1. The highest BCUT2D eigenvalue weighted by molar-refractivity contribution is 6.31. The molecule has 0 amide bonds. The minimum absolute atomic E-state index is 0.763. The highest BCUT2D eigenvalue weighted by Gasteiger charge is 1.96. The second-order valence-corrected chi connectivity index (χ2v) is 3.46. The maximum atomic E-state index is 5.86. The summed E-state index contributed by atoms with van der Waals surface area (Å²) >= 11 is 5.86. The molecule has 0 saturated carbocycles. The Labute approximate surface area is 82.4 Å². The molecule has 0 N–H and O–H groups in total. The summed E-state index contributed by atoms with van der Waals surface area (Å²) in [5, 5.41) is 3.07. The van der Waals surface area contributed by atoms with Crippen molar-refractivity contribution in [3.05, 3.63) is 41.2 Å². The summed E-state index contributed by atoms with van der Waals surface area (Å²) in [7, 11) is 0. The lowest BCUT2D eigenvalue weighted by Crippen LogP contribution is -1.85. The molecule has 0 radical (unpaired) electrons. The summed E-state index contributed by atoms with van der Waals surface area (Å²) in [5.41, 5.74) is 1.12. The number of benzene rings is 1. The van der Waals surface area contributed by atoms with Gasteiger partial charge in [-0.05, 0) is 30.0 Å². The monoisotopic (exact) mass is 191 g/mol. The van der Waals surface area contributed by atoms with Gasteiger partial charge in [-0.15, -0.1) is 0 Å². The van der Waals surface area contributed by atoms with Crippen LogP contribution in [0.1, 0.15) is 12.6 Å². The minimum atomic E-state index is 0.763. The number of aromatic nitrogens is 1. The van der Waals surface area contributed by atoms with Gasteiger partial charge in [-0.2, -0.15) is 0 Å². The number of aryl methyl sites for hydroxylation is 1. The van der Waals surface area contributed by atoms with E-state index in [0.717, 1.165) is 22.5 Å². The molecule has 0 bridgehead atoms. The zero-order valence-electron chi connectivity index (χ0n) is 7.42. The summed E-state index contributed by atoms with van der Waals surface area (Å²) in [6.45, 7) is 2.10. The van der Waals surface area contributed by atoms with Crippen molar-refractivity contribution in [2.45, 2.75) is 13.3 Å². The topological polar surface area (TPSA) is 12.9 Å². The molecule has 1 heterocycles. The van der Waals surface area contributed by atoms with Crippen molar-refractivity contribution in [3.8, 4) is 0 Å². The van der Waals surface area contributed by atoms with Crippen LogP contribution >= 0.6 is 11.6 Å². The number of rotatable bonds is 1. The first-order valence-electron chi connectivity index (χ1n) is 4.34. The van der Waals surface area contributed by atoms with Gasteiger partial charge in [0.25, 0.3) is 0 Å². The van der Waals surface area contributed by atoms with Crippen molar-refractivity contribution in [2.75, 3.05) is 0 Å². The van der Waals surface area contributed by atoms with Crippen LogP contribution in [0, 0.1) is 0 Å². The average Bonchev–Trinajstić information content (AvgIpc) is 2.17. The van der Waals surface area contributed by atoms with E-state index in [1.807, 2.05) is 24.4 Å². The van der Waals surface area contributed by atoms with E-state index in [1.165, 1.54) is 5.39 Å². The SMILES string of the molecule is CCc1cc2ccc(Cl)cc2cn1. The zero-order chi connectivity index (χ0) is 9.26. The summed E-state index contributed by atoms with van der Waals surface area (Å²) in [4.78, 5) is 4.31. The second kappa shape index (κ2) is 3.35. The molecule has 0 aliphatic heterocycles. The fourth-order valence-corrected chi connectivity index (χ4v) is 1.53. The molecule has 2 aromatic rings. The molecule has 2 rings (SSSR count). The fourth-order valence-electron chi connectivity index (χ4n) is 1.35. The second-order valence-electron chi connectivity index (χ2n) is 3.02. The smallest absolute Gasteiger partial charge is 0.0412 e. The Hall–Kier alpha value is -1.08. The minimum Gasteiger partial charge on any atom is -0.261 e. The van der Waals surface area contributed by atoms with Crippen molar-refractivity contribution in [3.63, 3.8) is 0 Å². The first-order chi connectivity index (χ1) is 6.29. The Morgan fingerprint density at radius 3 is 2.85 bits per heavy atom. The van der Waals surface area contributed by atoms with E-state index in [2.05, 4.69) is 18.0 Å². The molecule has 1 nitrogen and oxygen atoms in total. The first kappa shape index (κ1) is 8.52. The van der Waals surface area contributed by atoms with Gasteiger partial charge in [0, 0.05) is 22.3 Å². The molecule has 13 heavy (non-hydrogen) atoms. The van der Waals surface area contributed by atoms with E-state index in [4.69, 9.17) is 11.6 Å². The van der Waals surface area contributed by atoms with E-state index < -0.39 is 0 Å². The van der Waals surface area contributed by atoms with Crippen LogP contribution in [0.4, 0.5) is 0 Å². The van der Waals surface area contributed by atoms with Gasteiger partial charge in [0.1, 0.15) is 0 Å². The van der Waals surface area contributed by atoms with Gasteiger partial charge in [-0.3, -0.25) is 4.98 Å². The van der Waals surface area contributed by atoms with Crippen LogP contribution < -0.4 is 0 Å². The van der Waals surface area contributed by atoms with Crippen LogP contribution in [0.15, 0.2) is 30.5 Å². The molecule has 2 heteroatoms. The molecule has 1 aromatic carbocycles. The summed E-state index contributed by atoms with van der Waals surface area (Å²) in [6, 6.07) is 7.97.